The lowest BCUT2D eigenvalue weighted by atomic mass is 10.1. The number of hydrogen-bond donors (Lipinski definition) is 1. The van der Waals surface area contributed by atoms with E-state index in [1.807, 2.05) is 66.7 Å². The summed E-state index contributed by atoms with van der Waals surface area (Å²) in [5.41, 5.74) is 3.53. The molecule has 0 unspecified atom stereocenters. The monoisotopic (exact) mass is 418 g/mol. The predicted molar refractivity (Wildman–Crippen MR) is 123 cm³/mol. The normalized spacial score (nSPS) is 10.7. The Labute approximate surface area is 182 Å². The number of pyridine rings is 1. The van der Waals surface area contributed by atoms with Crippen molar-refractivity contribution in [3.8, 4) is 17.2 Å². The Morgan fingerprint density at radius 2 is 1.71 bits per heavy atom. The summed E-state index contributed by atoms with van der Waals surface area (Å²) in [5, 5.41) is 2.95. The molecule has 2 aromatic carbocycles. The average molecular weight is 418 g/mol. The standard InChI is InChI=1S/C25H26N2O4/c1-29-22-16-19(17-23(30-2)25(22)31-3)11-13-24(28)27-21-9-6-7-18(15-21)10-12-20-8-4-5-14-26-20/h4-10,12,14-17H,11,13H2,1-3H3,(H,27,28)/b12-10+. The molecule has 0 aliphatic carbocycles. The van der Waals surface area contributed by atoms with Gasteiger partial charge in [-0.15, -0.1) is 0 Å². The number of hydrogen-bond acceptors (Lipinski definition) is 5. The maximum atomic E-state index is 12.5. The third-order valence-corrected chi connectivity index (χ3v) is 4.67. The first-order valence-corrected chi connectivity index (χ1v) is 9.91. The zero-order valence-corrected chi connectivity index (χ0v) is 17.9. The highest BCUT2D eigenvalue weighted by molar-refractivity contribution is 5.91. The van der Waals surface area contributed by atoms with Crippen LogP contribution in [0.5, 0.6) is 17.2 Å². The molecule has 3 rings (SSSR count). The molecule has 0 aliphatic rings. The molecule has 0 saturated heterocycles. The summed E-state index contributed by atoms with van der Waals surface area (Å²) in [6.07, 6.45) is 6.53. The molecular weight excluding hydrogens is 392 g/mol. The first-order valence-electron chi connectivity index (χ1n) is 9.91. The van der Waals surface area contributed by atoms with Crippen LogP contribution in [0.1, 0.15) is 23.2 Å². The summed E-state index contributed by atoms with van der Waals surface area (Å²) in [5.74, 6) is 1.61. The first-order chi connectivity index (χ1) is 15.1. The van der Waals surface area contributed by atoms with Crippen LogP contribution in [-0.4, -0.2) is 32.2 Å². The van der Waals surface area contributed by atoms with Gasteiger partial charge in [0.05, 0.1) is 27.0 Å². The second-order valence-corrected chi connectivity index (χ2v) is 6.80. The third-order valence-electron chi connectivity index (χ3n) is 4.67. The van der Waals surface area contributed by atoms with Crippen LogP contribution in [0.3, 0.4) is 0 Å². The van der Waals surface area contributed by atoms with E-state index in [0.29, 0.717) is 30.1 Å². The number of rotatable bonds is 9. The topological polar surface area (TPSA) is 69.7 Å². The Morgan fingerprint density at radius 3 is 2.35 bits per heavy atom. The molecule has 1 aromatic heterocycles. The lowest BCUT2D eigenvalue weighted by molar-refractivity contribution is -0.116. The molecule has 1 heterocycles. The van der Waals surface area contributed by atoms with Gasteiger partial charge in [-0.1, -0.05) is 24.3 Å². The molecule has 1 amide bonds. The van der Waals surface area contributed by atoms with E-state index in [1.165, 1.54) is 0 Å². The molecule has 0 radical (unpaired) electrons. The van der Waals surface area contributed by atoms with Gasteiger partial charge in [0.15, 0.2) is 11.5 Å². The van der Waals surface area contributed by atoms with Crippen LogP contribution >= 0.6 is 0 Å². The number of methoxy groups -OCH3 is 3. The molecular formula is C25H26N2O4. The molecule has 0 spiro atoms. The molecule has 0 bridgehead atoms. The minimum Gasteiger partial charge on any atom is -0.493 e. The van der Waals surface area contributed by atoms with Crippen molar-refractivity contribution in [1.29, 1.82) is 0 Å². The van der Waals surface area contributed by atoms with E-state index < -0.39 is 0 Å². The fraction of sp³-hybridized carbons (Fsp3) is 0.200. The number of nitrogens with one attached hydrogen (secondary N) is 1. The van der Waals surface area contributed by atoms with Crippen molar-refractivity contribution in [1.82, 2.24) is 4.98 Å². The summed E-state index contributed by atoms with van der Waals surface area (Å²) in [7, 11) is 4.71. The number of aryl methyl sites for hydroxylation is 1. The van der Waals surface area contributed by atoms with E-state index in [-0.39, 0.29) is 5.91 Å². The number of benzene rings is 2. The molecule has 3 aromatic rings. The second-order valence-electron chi connectivity index (χ2n) is 6.80. The van der Waals surface area contributed by atoms with Gasteiger partial charge in [0.25, 0.3) is 0 Å². The van der Waals surface area contributed by atoms with Crippen molar-refractivity contribution in [2.24, 2.45) is 0 Å². The SMILES string of the molecule is COc1cc(CCC(=O)Nc2cccc(/C=C/c3ccccn3)c2)cc(OC)c1OC. The maximum Gasteiger partial charge on any atom is 0.224 e. The fourth-order valence-electron chi connectivity index (χ4n) is 3.14. The van der Waals surface area contributed by atoms with E-state index in [0.717, 1.165) is 22.5 Å². The van der Waals surface area contributed by atoms with Gasteiger partial charge in [0.2, 0.25) is 11.7 Å². The summed E-state index contributed by atoms with van der Waals surface area (Å²) in [4.78, 5) is 16.8. The van der Waals surface area contributed by atoms with Crippen molar-refractivity contribution in [2.45, 2.75) is 12.8 Å². The number of anilines is 1. The molecule has 1 N–H and O–H groups in total. The van der Waals surface area contributed by atoms with Crippen LogP contribution in [0, 0.1) is 0 Å². The average Bonchev–Trinajstić information content (AvgIpc) is 2.81. The van der Waals surface area contributed by atoms with Crippen molar-refractivity contribution in [3.05, 3.63) is 77.6 Å². The van der Waals surface area contributed by atoms with Crippen LogP contribution in [-0.2, 0) is 11.2 Å². The smallest absolute Gasteiger partial charge is 0.224 e. The first kappa shape index (κ1) is 21.9. The predicted octanol–water partition coefficient (Wildman–Crippen LogP) is 4.85. The molecule has 0 fully saturated rings. The van der Waals surface area contributed by atoms with E-state index >= 15 is 0 Å². The van der Waals surface area contributed by atoms with Crippen LogP contribution in [0.25, 0.3) is 12.2 Å². The van der Waals surface area contributed by atoms with Crippen molar-refractivity contribution in [3.63, 3.8) is 0 Å². The highest BCUT2D eigenvalue weighted by Crippen LogP contribution is 2.38. The molecule has 0 aliphatic heterocycles. The minimum absolute atomic E-state index is 0.0698. The Hall–Kier alpha value is -3.80. The quantitative estimate of drug-likeness (QED) is 0.538. The van der Waals surface area contributed by atoms with Crippen molar-refractivity contribution < 1.29 is 19.0 Å². The Kier molecular flexibility index (Phi) is 7.65. The molecule has 31 heavy (non-hydrogen) atoms. The molecule has 0 saturated carbocycles. The number of nitrogens with zero attached hydrogens (tertiary/aromatic N) is 1. The largest absolute Gasteiger partial charge is 0.493 e. The number of aromatic nitrogens is 1. The fourth-order valence-corrected chi connectivity index (χ4v) is 3.14. The van der Waals surface area contributed by atoms with Gasteiger partial charge in [0, 0.05) is 18.3 Å². The number of ether oxygens (including phenoxy) is 3. The molecule has 6 heteroatoms. The molecule has 0 atom stereocenters. The van der Waals surface area contributed by atoms with E-state index in [2.05, 4.69) is 10.3 Å². The van der Waals surface area contributed by atoms with Gasteiger partial charge >= 0.3 is 0 Å². The van der Waals surface area contributed by atoms with Gasteiger partial charge in [-0.05, 0) is 60.0 Å². The van der Waals surface area contributed by atoms with Crippen molar-refractivity contribution >= 4 is 23.7 Å². The van der Waals surface area contributed by atoms with Crippen LogP contribution in [0.2, 0.25) is 0 Å². The lowest BCUT2D eigenvalue weighted by Crippen LogP contribution is -2.12. The minimum atomic E-state index is -0.0698. The van der Waals surface area contributed by atoms with Crippen LogP contribution < -0.4 is 19.5 Å². The Bertz CT molecular complexity index is 1020. The zero-order valence-electron chi connectivity index (χ0n) is 17.9. The molecule has 6 nitrogen and oxygen atoms in total. The van der Waals surface area contributed by atoms with E-state index in [9.17, 15) is 4.79 Å². The highest BCUT2D eigenvalue weighted by Gasteiger charge is 2.14. The van der Waals surface area contributed by atoms with Crippen LogP contribution in [0.4, 0.5) is 5.69 Å². The van der Waals surface area contributed by atoms with Gasteiger partial charge in [-0.25, -0.2) is 0 Å². The summed E-state index contributed by atoms with van der Waals surface area (Å²) in [6.45, 7) is 0. The summed E-state index contributed by atoms with van der Waals surface area (Å²) in [6, 6.07) is 17.2. The van der Waals surface area contributed by atoms with Gasteiger partial charge in [-0.2, -0.15) is 0 Å². The zero-order chi connectivity index (χ0) is 22.1. The van der Waals surface area contributed by atoms with Crippen LogP contribution in [0.15, 0.2) is 60.8 Å². The van der Waals surface area contributed by atoms with Gasteiger partial charge < -0.3 is 19.5 Å². The van der Waals surface area contributed by atoms with Gasteiger partial charge in [-0.3, -0.25) is 9.78 Å². The summed E-state index contributed by atoms with van der Waals surface area (Å²) >= 11 is 0. The molecule has 160 valence electrons. The second kappa shape index (κ2) is 10.8. The van der Waals surface area contributed by atoms with Gasteiger partial charge in [0.1, 0.15) is 0 Å². The number of carbonyl (C=O) groups is 1. The highest BCUT2D eigenvalue weighted by atomic mass is 16.5. The number of amides is 1. The van der Waals surface area contributed by atoms with E-state index in [1.54, 1.807) is 27.5 Å². The van der Waals surface area contributed by atoms with Crippen molar-refractivity contribution in [2.75, 3.05) is 26.6 Å². The Balaban J connectivity index is 1.62. The maximum absolute atomic E-state index is 12.5. The summed E-state index contributed by atoms with van der Waals surface area (Å²) < 4.78 is 16.1. The third kappa shape index (κ3) is 6.09. The number of carbonyl (C=O) groups excluding carboxylic acids is 1. The Morgan fingerprint density at radius 1 is 0.935 bits per heavy atom. The van der Waals surface area contributed by atoms with E-state index in [4.69, 9.17) is 14.2 Å². The lowest BCUT2D eigenvalue weighted by Gasteiger charge is -2.14.